The van der Waals surface area contributed by atoms with Gasteiger partial charge in [-0.25, -0.2) is 19.9 Å². The number of hydrogen-bond acceptors (Lipinski definition) is 6. The summed E-state index contributed by atoms with van der Waals surface area (Å²) in [5, 5.41) is 3.50. The molecule has 126 valence electrons. The van der Waals surface area contributed by atoms with E-state index in [0.717, 1.165) is 49.8 Å². The SMILES string of the molecule is c1cc(NC2CCN(Cc3ccnc(C4CCC4)n3)CC2)ncn1. The van der Waals surface area contributed by atoms with Crippen molar-refractivity contribution in [2.45, 2.75) is 50.6 Å². The third-order valence-electron chi connectivity index (χ3n) is 5.11. The quantitative estimate of drug-likeness (QED) is 0.912. The van der Waals surface area contributed by atoms with E-state index in [1.54, 1.807) is 12.5 Å². The van der Waals surface area contributed by atoms with E-state index < -0.39 is 0 Å². The van der Waals surface area contributed by atoms with E-state index in [1.807, 2.05) is 12.3 Å². The van der Waals surface area contributed by atoms with Crippen LogP contribution in [0.4, 0.5) is 5.82 Å². The van der Waals surface area contributed by atoms with Crippen LogP contribution in [0.2, 0.25) is 0 Å². The molecule has 0 bridgehead atoms. The van der Waals surface area contributed by atoms with E-state index in [0.29, 0.717) is 12.0 Å². The Balaban J connectivity index is 1.28. The molecule has 0 unspecified atom stereocenters. The molecule has 6 nitrogen and oxygen atoms in total. The first kappa shape index (κ1) is 15.4. The van der Waals surface area contributed by atoms with E-state index in [2.05, 4.69) is 31.2 Å². The van der Waals surface area contributed by atoms with Crippen LogP contribution in [-0.2, 0) is 6.54 Å². The standard InChI is InChI=1S/C18H24N6/c1-2-14(3-1)18-20-9-4-16(23-18)12-24-10-6-15(7-11-24)22-17-5-8-19-13-21-17/h4-5,8-9,13-15H,1-3,6-7,10-12H2,(H,19,21,22). The molecule has 0 aromatic carbocycles. The van der Waals surface area contributed by atoms with Crippen LogP contribution >= 0.6 is 0 Å². The second kappa shape index (κ2) is 7.21. The molecule has 3 heterocycles. The Morgan fingerprint density at radius 2 is 1.92 bits per heavy atom. The molecule has 24 heavy (non-hydrogen) atoms. The summed E-state index contributed by atoms with van der Waals surface area (Å²) in [5.74, 6) is 2.58. The van der Waals surface area contributed by atoms with Crippen LogP contribution in [-0.4, -0.2) is 44.0 Å². The fraction of sp³-hybridized carbons (Fsp3) is 0.556. The lowest BCUT2D eigenvalue weighted by atomic mass is 9.85. The van der Waals surface area contributed by atoms with Crippen LogP contribution in [0.5, 0.6) is 0 Å². The second-order valence-electron chi connectivity index (χ2n) is 6.82. The Morgan fingerprint density at radius 3 is 2.62 bits per heavy atom. The van der Waals surface area contributed by atoms with Crippen LogP contribution < -0.4 is 5.32 Å². The largest absolute Gasteiger partial charge is 0.367 e. The molecule has 1 N–H and O–H groups in total. The summed E-state index contributed by atoms with van der Waals surface area (Å²) in [7, 11) is 0. The number of nitrogens with one attached hydrogen (secondary N) is 1. The van der Waals surface area contributed by atoms with Crippen LogP contribution in [0, 0.1) is 0 Å². The number of rotatable bonds is 5. The predicted molar refractivity (Wildman–Crippen MR) is 92.6 cm³/mol. The van der Waals surface area contributed by atoms with Gasteiger partial charge in [-0.1, -0.05) is 6.42 Å². The molecule has 6 heteroatoms. The number of hydrogen-bond donors (Lipinski definition) is 1. The number of likely N-dealkylation sites (tertiary alicyclic amines) is 1. The first-order valence-corrected chi connectivity index (χ1v) is 8.93. The van der Waals surface area contributed by atoms with Crippen molar-refractivity contribution < 1.29 is 0 Å². The highest BCUT2D eigenvalue weighted by Gasteiger charge is 2.23. The van der Waals surface area contributed by atoms with Gasteiger partial charge < -0.3 is 5.32 Å². The van der Waals surface area contributed by atoms with Crippen molar-refractivity contribution >= 4 is 5.82 Å². The molecule has 2 aromatic rings. The van der Waals surface area contributed by atoms with Gasteiger partial charge in [0.2, 0.25) is 0 Å². The van der Waals surface area contributed by atoms with Crippen LogP contribution in [0.3, 0.4) is 0 Å². The number of anilines is 1. The molecule has 1 saturated heterocycles. The molecular weight excluding hydrogens is 300 g/mol. The highest BCUT2D eigenvalue weighted by molar-refractivity contribution is 5.33. The Morgan fingerprint density at radius 1 is 1.04 bits per heavy atom. The Hall–Kier alpha value is -2.08. The molecule has 1 saturated carbocycles. The monoisotopic (exact) mass is 324 g/mol. The average molecular weight is 324 g/mol. The zero-order valence-electron chi connectivity index (χ0n) is 13.9. The third-order valence-corrected chi connectivity index (χ3v) is 5.11. The molecular formula is C18H24N6. The molecule has 0 atom stereocenters. The van der Waals surface area contributed by atoms with Crippen LogP contribution in [0.15, 0.2) is 30.9 Å². The number of aromatic nitrogens is 4. The minimum atomic E-state index is 0.493. The van der Waals surface area contributed by atoms with Crippen molar-refractivity contribution in [2.75, 3.05) is 18.4 Å². The Labute approximate surface area is 142 Å². The van der Waals surface area contributed by atoms with Gasteiger partial charge in [-0.05, 0) is 37.8 Å². The first-order valence-electron chi connectivity index (χ1n) is 8.93. The van der Waals surface area contributed by atoms with Gasteiger partial charge in [-0.15, -0.1) is 0 Å². The Kier molecular flexibility index (Phi) is 4.64. The summed E-state index contributed by atoms with van der Waals surface area (Å²) in [6.07, 6.45) is 11.4. The molecule has 2 aromatic heterocycles. The summed E-state index contributed by atoms with van der Waals surface area (Å²) in [6.45, 7) is 3.11. The van der Waals surface area contributed by atoms with Gasteiger partial charge >= 0.3 is 0 Å². The van der Waals surface area contributed by atoms with Crippen LogP contribution in [0.25, 0.3) is 0 Å². The highest BCUT2D eigenvalue weighted by Crippen LogP contribution is 2.34. The summed E-state index contributed by atoms with van der Waals surface area (Å²) in [4.78, 5) is 19.9. The van der Waals surface area contributed by atoms with Crippen molar-refractivity contribution in [2.24, 2.45) is 0 Å². The van der Waals surface area contributed by atoms with Crippen molar-refractivity contribution in [1.29, 1.82) is 0 Å². The van der Waals surface area contributed by atoms with E-state index in [1.165, 1.54) is 19.3 Å². The van der Waals surface area contributed by atoms with Crippen molar-refractivity contribution in [3.8, 4) is 0 Å². The predicted octanol–water partition coefficient (Wildman–Crippen LogP) is 2.61. The molecule has 0 amide bonds. The second-order valence-corrected chi connectivity index (χ2v) is 6.82. The zero-order valence-corrected chi connectivity index (χ0v) is 13.9. The number of nitrogens with zero attached hydrogens (tertiary/aromatic N) is 5. The lowest BCUT2D eigenvalue weighted by Crippen LogP contribution is -2.39. The topological polar surface area (TPSA) is 66.8 Å². The van der Waals surface area contributed by atoms with Crippen LogP contribution in [0.1, 0.15) is 49.5 Å². The van der Waals surface area contributed by atoms with Gasteiger partial charge in [0, 0.05) is 44.0 Å². The Bertz CT molecular complexity index is 650. The maximum absolute atomic E-state index is 4.79. The number of piperidine rings is 1. The smallest absolute Gasteiger partial charge is 0.131 e. The summed E-state index contributed by atoms with van der Waals surface area (Å²) in [5.41, 5.74) is 1.16. The molecule has 1 aliphatic heterocycles. The molecule has 4 rings (SSSR count). The molecule has 2 fully saturated rings. The fourth-order valence-corrected chi connectivity index (χ4v) is 3.41. The summed E-state index contributed by atoms with van der Waals surface area (Å²) in [6, 6.07) is 4.48. The van der Waals surface area contributed by atoms with Gasteiger partial charge in [0.25, 0.3) is 0 Å². The van der Waals surface area contributed by atoms with E-state index in [-0.39, 0.29) is 0 Å². The van der Waals surface area contributed by atoms with Gasteiger partial charge in [0.15, 0.2) is 0 Å². The lowest BCUT2D eigenvalue weighted by Gasteiger charge is -2.32. The molecule has 0 radical (unpaired) electrons. The van der Waals surface area contributed by atoms with Crippen molar-refractivity contribution in [1.82, 2.24) is 24.8 Å². The normalized spacial score (nSPS) is 19.8. The van der Waals surface area contributed by atoms with Gasteiger partial charge in [0.1, 0.15) is 18.0 Å². The van der Waals surface area contributed by atoms with E-state index >= 15 is 0 Å². The van der Waals surface area contributed by atoms with Crippen molar-refractivity contribution in [3.05, 3.63) is 42.4 Å². The maximum atomic E-state index is 4.79. The minimum Gasteiger partial charge on any atom is -0.367 e. The molecule has 1 aliphatic carbocycles. The average Bonchev–Trinajstić information content (AvgIpc) is 2.57. The van der Waals surface area contributed by atoms with Gasteiger partial charge in [-0.2, -0.15) is 0 Å². The third kappa shape index (κ3) is 3.70. The van der Waals surface area contributed by atoms with Gasteiger partial charge in [-0.3, -0.25) is 4.90 Å². The summed E-state index contributed by atoms with van der Waals surface area (Å²) < 4.78 is 0. The zero-order chi connectivity index (χ0) is 16.2. The van der Waals surface area contributed by atoms with E-state index in [4.69, 9.17) is 4.98 Å². The van der Waals surface area contributed by atoms with Gasteiger partial charge in [0.05, 0.1) is 5.69 Å². The maximum Gasteiger partial charge on any atom is 0.131 e. The minimum absolute atomic E-state index is 0.493. The lowest BCUT2D eigenvalue weighted by molar-refractivity contribution is 0.208. The summed E-state index contributed by atoms with van der Waals surface area (Å²) >= 11 is 0. The highest BCUT2D eigenvalue weighted by atomic mass is 15.2. The first-order chi connectivity index (χ1) is 11.9. The fourth-order valence-electron chi connectivity index (χ4n) is 3.41. The molecule has 0 spiro atoms. The molecule has 2 aliphatic rings. The van der Waals surface area contributed by atoms with Crippen molar-refractivity contribution in [3.63, 3.8) is 0 Å². The van der Waals surface area contributed by atoms with E-state index in [9.17, 15) is 0 Å².